The molecule has 3 nitrogen and oxygen atoms in total. The van der Waals surface area contributed by atoms with Gasteiger partial charge in [0.05, 0.1) is 0 Å². The molecule has 1 N–H and O–H groups in total. The standard InChI is InChI=1S/C15H31N3/c1-13(10-16-15(2,3)4)11-18(6)14-8-7-9-17(5)12-14/h14,16H,1,7-12H2,2-6H3. The molecule has 1 heterocycles. The molecule has 3 heteroatoms. The van der Waals surface area contributed by atoms with Crippen LogP contribution < -0.4 is 5.32 Å². The Morgan fingerprint density at radius 2 is 2.11 bits per heavy atom. The predicted molar refractivity (Wildman–Crippen MR) is 80.0 cm³/mol. The summed E-state index contributed by atoms with van der Waals surface area (Å²) in [5, 5.41) is 3.50. The van der Waals surface area contributed by atoms with Gasteiger partial charge in [-0.1, -0.05) is 6.58 Å². The van der Waals surface area contributed by atoms with Crippen LogP contribution in [0, 0.1) is 0 Å². The van der Waals surface area contributed by atoms with Gasteiger partial charge in [0.15, 0.2) is 0 Å². The number of piperidine rings is 1. The van der Waals surface area contributed by atoms with Gasteiger partial charge in [0.25, 0.3) is 0 Å². The Bertz CT molecular complexity index is 267. The highest BCUT2D eigenvalue weighted by atomic mass is 15.2. The van der Waals surface area contributed by atoms with Crippen molar-refractivity contribution in [3.63, 3.8) is 0 Å². The summed E-state index contributed by atoms with van der Waals surface area (Å²) >= 11 is 0. The second kappa shape index (κ2) is 6.69. The van der Waals surface area contributed by atoms with E-state index in [-0.39, 0.29) is 5.54 Å². The van der Waals surface area contributed by atoms with Crippen LogP contribution in [0.5, 0.6) is 0 Å². The Kier molecular flexibility index (Phi) is 5.83. The van der Waals surface area contributed by atoms with Gasteiger partial charge in [-0.15, -0.1) is 0 Å². The molecule has 1 unspecified atom stereocenters. The number of likely N-dealkylation sites (N-methyl/N-ethyl adjacent to an activating group) is 2. The van der Waals surface area contributed by atoms with Crippen LogP contribution in [0.1, 0.15) is 33.6 Å². The average Bonchev–Trinajstić information content (AvgIpc) is 2.25. The van der Waals surface area contributed by atoms with E-state index in [0.717, 1.165) is 13.1 Å². The normalized spacial score (nSPS) is 22.4. The lowest BCUT2D eigenvalue weighted by atomic mass is 10.0. The molecule has 0 aromatic carbocycles. The van der Waals surface area contributed by atoms with Crippen LogP contribution >= 0.6 is 0 Å². The van der Waals surface area contributed by atoms with Gasteiger partial charge in [-0.05, 0) is 59.8 Å². The maximum atomic E-state index is 4.19. The second-order valence-corrected chi connectivity index (χ2v) is 6.83. The predicted octanol–water partition coefficient (Wildman–Crippen LogP) is 1.96. The fourth-order valence-corrected chi connectivity index (χ4v) is 2.43. The molecule has 0 radical (unpaired) electrons. The van der Waals surface area contributed by atoms with Crippen LogP contribution in [0.25, 0.3) is 0 Å². The lowest BCUT2D eigenvalue weighted by Gasteiger charge is -2.36. The Morgan fingerprint density at radius 1 is 1.44 bits per heavy atom. The van der Waals surface area contributed by atoms with E-state index in [1.54, 1.807) is 0 Å². The average molecular weight is 253 g/mol. The zero-order chi connectivity index (χ0) is 13.8. The van der Waals surface area contributed by atoms with Crippen molar-refractivity contribution < 1.29 is 0 Å². The summed E-state index contributed by atoms with van der Waals surface area (Å²) in [5.74, 6) is 0. The summed E-state index contributed by atoms with van der Waals surface area (Å²) < 4.78 is 0. The lowest BCUT2D eigenvalue weighted by Crippen LogP contribution is -2.46. The maximum Gasteiger partial charge on any atom is 0.0223 e. The first-order chi connectivity index (χ1) is 8.28. The minimum atomic E-state index is 0.173. The molecular formula is C15H31N3. The van der Waals surface area contributed by atoms with E-state index >= 15 is 0 Å². The molecule has 0 aliphatic carbocycles. The zero-order valence-corrected chi connectivity index (χ0v) is 12.9. The van der Waals surface area contributed by atoms with Crippen molar-refractivity contribution >= 4 is 0 Å². The molecule has 0 bridgehead atoms. The summed E-state index contributed by atoms with van der Waals surface area (Å²) in [5.41, 5.74) is 1.45. The van der Waals surface area contributed by atoms with E-state index in [2.05, 4.69) is 56.6 Å². The molecule has 1 saturated heterocycles. The van der Waals surface area contributed by atoms with Crippen molar-refractivity contribution in [3.8, 4) is 0 Å². The van der Waals surface area contributed by atoms with Gasteiger partial charge in [-0.25, -0.2) is 0 Å². The van der Waals surface area contributed by atoms with Crippen LogP contribution in [-0.4, -0.2) is 61.7 Å². The van der Waals surface area contributed by atoms with Crippen molar-refractivity contribution in [1.82, 2.24) is 15.1 Å². The third-order valence-electron chi connectivity index (χ3n) is 3.56. The number of nitrogens with zero attached hydrogens (tertiary/aromatic N) is 2. The van der Waals surface area contributed by atoms with Crippen LogP contribution in [0.3, 0.4) is 0 Å². The third kappa shape index (κ3) is 5.98. The fourth-order valence-electron chi connectivity index (χ4n) is 2.43. The Morgan fingerprint density at radius 3 is 2.67 bits per heavy atom. The van der Waals surface area contributed by atoms with Gasteiger partial charge < -0.3 is 10.2 Å². The number of rotatable bonds is 5. The quantitative estimate of drug-likeness (QED) is 0.756. The van der Waals surface area contributed by atoms with Crippen molar-refractivity contribution in [2.45, 2.75) is 45.2 Å². The first-order valence-electron chi connectivity index (χ1n) is 7.08. The molecule has 1 rings (SSSR count). The Hall–Kier alpha value is -0.380. The lowest BCUT2D eigenvalue weighted by molar-refractivity contribution is 0.142. The van der Waals surface area contributed by atoms with Gasteiger partial charge in [-0.3, -0.25) is 4.90 Å². The summed E-state index contributed by atoms with van der Waals surface area (Å²) in [7, 11) is 4.45. The molecule has 1 aliphatic rings. The fraction of sp³-hybridized carbons (Fsp3) is 0.867. The summed E-state index contributed by atoms with van der Waals surface area (Å²) in [6, 6.07) is 0.690. The molecule has 0 aromatic rings. The first-order valence-corrected chi connectivity index (χ1v) is 7.08. The third-order valence-corrected chi connectivity index (χ3v) is 3.56. The molecule has 1 fully saturated rings. The second-order valence-electron chi connectivity index (χ2n) is 6.83. The molecule has 1 atom stereocenters. The molecule has 0 aromatic heterocycles. The molecule has 0 saturated carbocycles. The monoisotopic (exact) mass is 253 g/mol. The minimum Gasteiger partial charge on any atom is -0.308 e. The Labute approximate surface area is 113 Å². The highest BCUT2D eigenvalue weighted by Crippen LogP contribution is 2.14. The highest BCUT2D eigenvalue weighted by Gasteiger charge is 2.21. The summed E-state index contributed by atoms with van der Waals surface area (Å²) in [4.78, 5) is 4.89. The zero-order valence-electron chi connectivity index (χ0n) is 12.9. The molecular weight excluding hydrogens is 222 g/mol. The maximum absolute atomic E-state index is 4.19. The highest BCUT2D eigenvalue weighted by molar-refractivity contribution is 5.01. The van der Waals surface area contributed by atoms with Crippen LogP contribution in [0.15, 0.2) is 12.2 Å². The van der Waals surface area contributed by atoms with E-state index < -0.39 is 0 Å². The molecule has 106 valence electrons. The van der Waals surface area contributed by atoms with E-state index in [1.165, 1.54) is 31.5 Å². The van der Waals surface area contributed by atoms with Gasteiger partial charge in [-0.2, -0.15) is 0 Å². The number of nitrogens with one attached hydrogen (secondary N) is 1. The summed E-state index contributed by atoms with van der Waals surface area (Å²) in [6.07, 6.45) is 2.64. The van der Waals surface area contributed by atoms with Gasteiger partial charge in [0.2, 0.25) is 0 Å². The molecule has 1 aliphatic heterocycles. The SMILES string of the molecule is C=C(CNC(C)(C)C)CN(C)C1CCCN(C)C1. The smallest absolute Gasteiger partial charge is 0.0223 e. The van der Waals surface area contributed by atoms with E-state index in [4.69, 9.17) is 0 Å². The van der Waals surface area contributed by atoms with Gasteiger partial charge in [0, 0.05) is 31.2 Å². The van der Waals surface area contributed by atoms with Crippen molar-refractivity contribution in [1.29, 1.82) is 0 Å². The van der Waals surface area contributed by atoms with Gasteiger partial charge in [0.1, 0.15) is 0 Å². The molecule has 18 heavy (non-hydrogen) atoms. The topological polar surface area (TPSA) is 18.5 Å². The van der Waals surface area contributed by atoms with Crippen LogP contribution in [0.2, 0.25) is 0 Å². The van der Waals surface area contributed by atoms with Crippen LogP contribution in [0.4, 0.5) is 0 Å². The van der Waals surface area contributed by atoms with Crippen molar-refractivity contribution in [2.24, 2.45) is 0 Å². The van der Waals surface area contributed by atoms with E-state index in [0.29, 0.717) is 6.04 Å². The van der Waals surface area contributed by atoms with Crippen molar-refractivity contribution in [2.75, 3.05) is 40.3 Å². The van der Waals surface area contributed by atoms with Crippen molar-refractivity contribution in [3.05, 3.63) is 12.2 Å². The van der Waals surface area contributed by atoms with Gasteiger partial charge >= 0.3 is 0 Å². The first kappa shape index (κ1) is 15.7. The number of hydrogen-bond donors (Lipinski definition) is 1. The minimum absolute atomic E-state index is 0.173. The molecule has 0 spiro atoms. The largest absolute Gasteiger partial charge is 0.308 e. The molecule has 0 amide bonds. The summed E-state index contributed by atoms with van der Waals surface area (Å²) in [6.45, 7) is 15.1. The van der Waals surface area contributed by atoms with E-state index in [1.807, 2.05) is 0 Å². The van der Waals surface area contributed by atoms with Crippen LogP contribution in [-0.2, 0) is 0 Å². The Balaban J connectivity index is 2.30. The van der Waals surface area contributed by atoms with E-state index in [9.17, 15) is 0 Å². The number of hydrogen-bond acceptors (Lipinski definition) is 3. The number of likely N-dealkylation sites (tertiary alicyclic amines) is 1.